The fourth-order valence-electron chi connectivity index (χ4n) is 2.18. The number of phenols is 1. The van der Waals surface area contributed by atoms with Gasteiger partial charge in [0.15, 0.2) is 0 Å². The van der Waals surface area contributed by atoms with Gasteiger partial charge in [-0.1, -0.05) is 30.3 Å². The van der Waals surface area contributed by atoms with Crippen LogP contribution in [0.25, 0.3) is 11.0 Å². The van der Waals surface area contributed by atoms with Crippen molar-refractivity contribution in [3.05, 3.63) is 70.1 Å². The third-order valence-electron chi connectivity index (χ3n) is 3.24. The first-order chi connectivity index (χ1) is 9.66. The van der Waals surface area contributed by atoms with E-state index in [1.165, 1.54) is 6.07 Å². The maximum absolute atomic E-state index is 12.0. The summed E-state index contributed by atoms with van der Waals surface area (Å²) in [6.45, 7) is 0. The molecule has 0 amide bonds. The largest absolute Gasteiger partial charge is 0.508 e. The van der Waals surface area contributed by atoms with E-state index < -0.39 is 5.63 Å². The summed E-state index contributed by atoms with van der Waals surface area (Å²) in [5.74, 6) is -0.0143. The van der Waals surface area contributed by atoms with Crippen molar-refractivity contribution in [2.24, 2.45) is 0 Å². The van der Waals surface area contributed by atoms with E-state index in [4.69, 9.17) is 4.42 Å². The summed E-state index contributed by atoms with van der Waals surface area (Å²) < 4.78 is 5.19. The smallest absolute Gasteiger partial charge is 0.343 e. The fourth-order valence-corrected chi connectivity index (χ4v) is 2.18. The van der Waals surface area contributed by atoms with Crippen molar-refractivity contribution in [3.63, 3.8) is 0 Å². The Kier molecular flexibility index (Phi) is 2.91. The van der Waals surface area contributed by atoms with Gasteiger partial charge in [-0.2, -0.15) is 0 Å². The fraction of sp³-hybridized carbons (Fsp3) is 0.0625. The Morgan fingerprint density at radius 2 is 1.65 bits per heavy atom. The van der Waals surface area contributed by atoms with Crippen LogP contribution in [0.5, 0.6) is 11.5 Å². The minimum absolute atomic E-state index is 0.0828. The molecule has 0 spiro atoms. The molecule has 1 heterocycles. The van der Waals surface area contributed by atoms with Gasteiger partial charge < -0.3 is 14.6 Å². The first-order valence-electron chi connectivity index (χ1n) is 6.17. The predicted molar refractivity (Wildman–Crippen MR) is 75.1 cm³/mol. The molecule has 2 N–H and O–H groups in total. The van der Waals surface area contributed by atoms with Gasteiger partial charge in [0.2, 0.25) is 0 Å². The zero-order valence-corrected chi connectivity index (χ0v) is 10.5. The highest BCUT2D eigenvalue weighted by atomic mass is 16.4. The SMILES string of the molecule is O=c1oc2ccccc2c(O)c1Cc1ccccc1O. The minimum atomic E-state index is -0.593. The Balaban J connectivity index is 2.17. The van der Waals surface area contributed by atoms with Crippen LogP contribution in [-0.4, -0.2) is 10.2 Å². The molecule has 1 aromatic heterocycles. The first-order valence-corrected chi connectivity index (χ1v) is 6.17. The van der Waals surface area contributed by atoms with E-state index in [0.29, 0.717) is 16.5 Å². The average Bonchev–Trinajstić information content (AvgIpc) is 2.45. The van der Waals surface area contributed by atoms with Crippen LogP contribution in [0.15, 0.2) is 57.7 Å². The molecule has 0 saturated carbocycles. The van der Waals surface area contributed by atoms with Crippen LogP contribution in [0.1, 0.15) is 11.1 Å². The first kappa shape index (κ1) is 12.3. The van der Waals surface area contributed by atoms with Crippen molar-refractivity contribution in [2.75, 3.05) is 0 Å². The van der Waals surface area contributed by atoms with E-state index in [1.54, 1.807) is 42.5 Å². The van der Waals surface area contributed by atoms with Crippen LogP contribution in [0, 0.1) is 0 Å². The third kappa shape index (κ3) is 2.01. The molecule has 3 aromatic rings. The zero-order chi connectivity index (χ0) is 14.1. The van der Waals surface area contributed by atoms with Gasteiger partial charge in [0.05, 0.1) is 10.9 Å². The predicted octanol–water partition coefficient (Wildman–Crippen LogP) is 2.80. The summed E-state index contributed by atoms with van der Waals surface area (Å²) in [5.41, 5.74) is 0.455. The second-order valence-corrected chi connectivity index (χ2v) is 4.52. The lowest BCUT2D eigenvalue weighted by Gasteiger charge is -2.07. The molecule has 0 radical (unpaired) electrons. The number of benzene rings is 2. The molecule has 0 atom stereocenters. The van der Waals surface area contributed by atoms with Crippen LogP contribution in [0.4, 0.5) is 0 Å². The highest BCUT2D eigenvalue weighted by molar-refractivity contribution is 5.84. The van der Waals surface area contributed by atoms with Crippen molar-refractivity contribution in [1.82, 2.24) is 0 Å². The maximum Gasteiger partial charge on any atom is 0.343 e. The van der Waals surface area contributed by atoms with Crippen molar-refractivity contribution in [3.8, 4) is 11.5 Å². The molecule has 100 valence electrons. The van der Waals surface area contributed by atoms with Crippen molar-refractivity contribution in [1.29, 1.82) is 0 Å². The summed E-state index contributed by atoms with van der Waals surface area (Å²) in [6.07, 6.45) is 0.117. The Bertz CT molecular complexity index is 833. The molecule has 0 fully saturated rings. The Labute approximate surface area is 114 Å². The number of para-hydroxylation sites is 2. The van der Waals surface area contributed by atoms with E-state index in [2.05, 4.69) is 0 Å². The number of hydrogen-bond acceptors (Lipinski definition) is 4. The second-order valence-electron chi connectivity index (χ2n) is 4.52. The Morgan fingerprint density at radius 3 is 2.45 bits per heavy atom. The quantitative estimate of drug-likeness (QED) is 0.701. The van der Waals surface area contributed by atoms with Gasteiger partial charge in [0, 0.05) is 6.42 Å². The normalized spacial score (nSPS) is 10.8. The van der Waals surface area contributed by atoms with E-state index >= 15 is 0 Å². The standard InChI is InChI=1S/C16H12O4/c17-13-7-3-1-5-10(13)9-12-15(18)11-6-2-4-8-14(11)20-16(12)19/h1-8,17-18H,9H2. The minimum Gasteiger partial charge on any atom is -0.508 e. The van der Waals surface area contributed by atoms with Crippen molar-refractivity contribution >= 4 is 11.0 Å². The second kappa shape index (κ2) is 4.74. The highest BCUT2D eigenvalue weighted by Gasteiger charge is 2.15. The molecular weight excluding hydrogens is 256 g/mol. The van der Waals surface area contributed by atoms with E-state index in [1.807, 2.05) is 0 Å². The molecule has 0 saturated heterocycles. The lowest BCUT2D eigenvalue weighted by atomic mass is 10.0. The van der Waals surface area contributed by atoms with E-state index in [9.17, 15) is 15.0 Å². The van der Waals surface area contributed by atoms with E-state index in [0.717, 1.165) is 0 Å². The van der Waals surface area contributed by atoms with Crippen LogP contribution < -0.4 is 5.63 Å². The molecule has 4 nitrogen and oxygen atoms in total. The van der Waals surface area contributed by atoms with Gasteiger partial charge in [-0.15, -0.1) is 0 Å². The molecule has 0 bridgehead atoms. The topological polar surface area (TPSA) is 70.7 Å². The monoisotopic (exact) mass is 268 g/mol. The van der Waals surface area contributed by atoms with Gasteiger partial charge in [0.1, 0.15) is 17.1 Å². The number of phenolic OH excluding ortho intramolecular Hbond substituents is 1. The average molecular weight is 268 g/mol. The molecule has 4 heteroatoms. The lowest BCUT2D eigenvalue weighted by molar-refractivity contribution is 0.454. The number of hydrogen-bond donors (Lipinski definition) is 2. The maximum atomic E-state index is 12.0. The van der Waals surface area contributed by atoms with Gasteiger partial charge >= 0.3 is 5.63 Å². The Hall–Kier alpha value is -2.75. The molecule has 0 unspecified atom stereocenters. The summed E-state index contributed by atoms with van der Waals surface area (Å²) in [5, 5.41) is 20.5. The molecule has 0 aliphatic heterocycles. The molecule has 2 aromatic carbocycles. The third-order valence-corrected chi connectivity index (χ3v) is 3.24. The molecule has 20 heavy (non-hydrogen) atoms. The number of rotatable bonds is 2. The summed E-state index contributed by atoms with van der Waals surface area (Å²) in [7, 11) is 0. The van der Waals surface area contributed by atoms with Gasteiger partial charge in [-0.25, -0.2) is 4.79 Å². The van der Waals surface area contributed by atoms with Crippen molar-refractivity contribution in [2.45, 2.75) is 6.42 Å². The molecule has 3 rings (SSSR count). The number of aromatic hydroxyl groups is 2. The molecule has 0 aliphatic carbocycles. The van der Waals surface area contributed by atoms with Crippen LogP contribution >= 0.6 is 0 Å². The van der Waals surface area contributed by atoms with Crippen molar-refractivity contribution < 1.29 is 14.6 Å². The van der Waals surface area contributed by atoms with E-state index in [-0.39, 0.29) is 23.5 Å². The summed E-state index contributed by atoms with van der Waals surface area (Å²) in [6, 6.07) is 13.5. The lowest BCUT2D eigenvalue weighted by Crippen LogP contribution is -2.08. The number of fused-ring (bicyclic) bond motifs is 1. The molecular formula is C16H12O4. The van der Waals surface area contributed by atoms with Gasteiger partial charge in [-0.3, -0.25) is 0 Å². The van der Waals surface area contributed by atoms with Gasteiger partial charge in [-0.05, 0) is 23.8 Å². The van der Waals surface area contributed by atoms with Crippen LogP contribution in [-0.2, 0) is 6.42 Å². The van der Waals surface area contributed by atoms with Crippen LogP contribution in [0.2, 0.25) is 0 Å². The molecule has 0 aliphatic rings. The summed E-state index contributed by atoms with van der Waals surface area (Å²) >= 11 is 0. The van der Waals surface area contributed by atoms with Crippen LogP contribution in [0.3, 0.4) is 0 Å². The zero-order valence-electron chi connectivity index (χ0n) is 10.5. The highest BCUT2D eigenvalue weighted by Crippen LogP contribution is 2.29. The van der Waals surface area contributed by atoms with Gasteiger partial charge in [0.25, 0.3) is 0 Å². The summed E-state index contributed by atoms with van der Waals surface area (Å²) in [4.78, 5) is 12.0. The Morgan fingerprint density at radius 1 is 0.950 bits per heavy atom.